The molecule has 0 radical (unpaired) electrons. The summed E-state index contributed by atoms with van der Waals surface area (Å²) in [5.41, 5.74) is 3.65. The van der Waals surface area contributed by atoms with E-state index in [-0.39, 0.29) is 0 Å². The van der Waals surface area contributed by atoms with Gasteiger partial charge in [-0.2, -0.15) is 0 Å². The summed E-state index contributed by atoms with van der Waals surface area (Å²) < 4.78 is 0. The van der Waals surface area contributed by atoms with Crippen molar-refractivity contribution < 1.29 is 5.11 Å². The molecule has 0 fully saturated rings. The molecule has 0 amide bonds. The van der Waals surface area contributed by atoms with E-state index in [1.807, 2.05) is 0 Å². The van der Waals surface area contributed by atoms with Crippen molar-refractivity contribution in [3.63, 3.8) is 0 Å². The molecule has 1 aromatic carbocycles. The Hall–Kier alpha value is -1.76. The van der Waals surface area contributed by atoms with Crippen LogP contribution in [0, 0.1) is 0 Å². The molecule has 68 valence electrons. The molecule has 1 heteroatoms. The highest BCUT2D eigenvalue weighted by atomic mass is 16.3. The molecule has 14 heavy (non-hydrogen) atoms. The van der Waals surface area contributed by atoms with Gasteiger partial charge in [-0.1, -0.05) is 12.2 Å². The van der Waals surface area contributed by atoms with Crippen molar-refractivity contribution in [1.82, 2.24) is 0 Å². The molecular weight excluding hydrogens is 172 g/mol. The fourth-order valence-corrected chi connectivity index (χ4v) is 2.06. The van der Waals surface area contributed by atoms with Crippen LogP contribution in [0.4, 0.5) is 0 Å². The molecule has 0 saturated carbocycles. The standard InChI is InChI=1S/C13H10O/c1-8-2-9-4-11-6-13(14)7-12(11)5-10(9)3-8/h2-7,14H,1H3. The topological polar surface area (TPSA) is 20.2 Å². The minimum atomic E-state index is 0.351. The smallest absolute Gasteiger partial charge is 0.116 e. The summed E-state index contributed by atoms with van der Waals surface area (Å²) in [5.74, 6) is 0.351. The average Bonchev–Trinajstić information content (AvgIpc) is 2.59. The first-order valence-corrected chi connectivity index (χ1v) is 4.69. The van der Waals surface area contributed by atoms with E-state index in [2.05, 4.69) is 31.2 Å². The zero-order valence-electron chi connectivity index (χ0n) is 7.91. The Balaban J connectivity index is 2.36. The van der Waals surface area contributed by atoms with Gasteiger partial charge in [0.1, 0.15) is 5.76 Å². The molecule has 0 spiro atoms. The molecule has 1 nitrogen and oxygen atoms in total. The van der Waals surface area contributed by atoms with Crippen LogP contribution in [0.5, 0.6) is 0 Å². The maximum Gasteiger partial charge on any atom is 0.116 e. The van der Waals surface area contributed by atoms with Gasteiger partial charge in [0, 0.05) is 0 Å². The molecular formula is C13H10O. The van der Waals surface area contributed by atoms with E-state index in [9.17, 15) is 5.11 Å². The van der Waals surface area contributed by atoms with E-state index in [0.29, 0.717) is 5.76 Å². The largest absolute Gasteiger partial charge is 0.508 e. The van der Waals surface area contributed by atoms with Crippen LogP contribution in [0.3, 0.4) is 0 Å². The Morgan fingerprint density at radius 2 is 1.50 bits per heavy atom. The molecule has 1 N–H and O–H groups in total. The number of fused-ring (bicyclic) bond motifs is 2. The first-order chi connectivity index (χ1) is 6.72. The molecule has 0 bridgehead atoms. The third-order valence-electron chi connectivity index (χ3n) is 2.66. The first-order valence-electron chi connectivity index (χ1n) is 4.69. The monoisotopic (exact) mass is 182 g/mol. The summed E-state index contributed by atoms with van der Waals surface area (Å²) in [6.45, 7) is 2.10. The van der Waals surface area contributed by atoms with Gasteiger partial charge in [0.05, 0.1) is 0 Å². The highest BCUT2D eigenvalue weighted by Crippen LogP contribution is 2.13. The van der Waals surface area contributed by atoms with Gasteiger partial charge < -0.3 is 5.11 Å². The maximum atomic E-state index is 9.35. The number of hydrogen-bond donors (Lipinski definition) is 1. The van der Waals surface area contributed by atoms with Gasteiger partial charge in [-0.3, -0.25) is 0 Å². The molecule has 0 unspecified atom stereocenters. The van der Waals surface area contributed by atoms with E-state index >= 15 is 0 Å². The Morgan fingerprint density at radius 3 is 2.29 bits per heavy atom. The summed E-state index contributed by atoms with van der Waals surface area (Å²) in [6, 6.07) is 4.24. The van der Waals surface area contributed by atoms with E-state index in [4.69, 9.17) is 0 Å². The number of allylic oxidation sites excluding steroid dienone is 2. The predicted octanol–water partition coefficient (Wildman–Crippen LogP) is 1.58. The Kier molecular flexibility index (Phi) is 1.30. The quantitative estimate of drug-likeness (QED) is 0.645. The Morgan fingerprint density at radius 1 is 0.857 bits per heavy atom. The molecule has 2 aliphatic carbocycles. The van der Waals surface area contributed by atoms with Gasteiger partial charge in [-0.25, -0.2) is 0 Å². The van der Waals surface area contributed by atoms with Crippen LogP contribution in [0.15, 0.2) is 23.5 Å². The minimum Gasteiger partial charge on any atom is -0.508 e. The second kappa shape index (κ2) is 2.38. The van der Waals surface area contributed by atoms with Gasteiger partial charge in [0.15, 0.2) is 0 Å². The predicted molar refractivity (Wildman–Crippen MR) is 58.9 cm³/mol. The molecule has 1 aromatic rings. The maximum absolute atomic E-state index is 9.35. The van der Waals surface area contributed by atoms with Crippen LogP contribution in [0.1, 0.15) is 18.1 Å². The molecule has 0 aromatic heterocycles. The highest BCUT2D eigenvalue weighted by molar-refractivity contribution is 5.77. The van der Waals surface area contributed by atoms with Gasteiger partial charge in [0.2, 0.25) is 0 Å². The fourth-order valence-electron chi connectivity index (χ4n) is 2.06. The first kappa shape index (κ1) is 7.63. The summed E-state index contributed by atoms with van der Waals surface area (Å²) in [5, 5.41) is 11.7. The lowest BCUT2D eigenvalue weighted by atomic mass is 10.1. The van der Waals surface area contributed by atoms with Crippen LogP contribution in [-0.2, 0) is 0 Å². The lowest BCUT2D eigenvalue weighted by molar-refractivity contribution is 0.448. The van der Waals surface area contributed by atoms with E-state index in [0.717, 1.165) is 10.8 Å². The normalized spacial score (nSPS) is 16.4. The van der Waals surface area contributed by atoms with Crippen molar-refractivity contribution >= 4 is 24.3 Å². The lowest BCUT2D eigenvalue weighted by Crippen LogP contribution is -2.12. The summed E-state index contributed by atoms with van der Waals surface area (Å²) in [4.78, 5) is 0. The summed E-state index contributed by atoms with van der Waals surface area (Å²) in [7, 11) is 0. The van der Waals surface area contributed by atoms with Crippen molar-refractivity contribution in [3.05, 3.63) is 45.0 Å². The minimum absolute atomic E-state index is 0.351. The van der Waals surface area contributed by atoms with Gasteiger partial charge in [-0.15, -0.1) is 0 Å². The lowest BCUT2D eigenvalue weighted by Gasteiger charge is -1.94. The van der Waals surface area contributed by atoms with Crippen LogP contribution >= 0.6 is 0 Å². The van der Waals surface area contributed by atoms with Gasteiger partial charge >= 0.3 is 0 Å². The zero-order chi connectivity index (χ0) is 9.71. The van der Waals surface area contributed by atoms with E-state index < -0.39 is 0 Å². The Labute approximate surface area is 82.0 Å². The van der Waals surface area contributed by atoms with Crippen molar-refractivity contribution in [2.45, 2.75) is 6.92 Å². The summed E-state index contributed by atoms with van der Waals surface area (Å²) >= 11 is 0. The molecule has 0 aliphatic heterocycles. The number of aliphatic hydroxyl groups excluding tert-OH is 1. The SMILES string of the molecule is CC1=Cc2cc3c(cc2=C1)C=C(O)C=3. The molecule has 3 rings (SSSR count). The van der Waals surface area contributed by atoms with Crippen LogP contribution in [0.2, 0.25) is 0 Å². The molecule has 0 heterocycles. The Bertz CT molecular complexity index is 545. The molecule has 0 atom stereocenters. The van der Waals surface area contributed by atoms with Crippen molar-refractivity contribution in [2.75, 3.05) is 0 Å². The van der Waals surface area contributed by atoms with E-state index in [1.165, 1.54) is 16.4 Å². The molecule has 0 saturated heterocycles. The number of rotatable bonds is 0. The van der Waals surface area contributed by atoms with Crippen molar-refractivity contribution in [2.24, 2.45) is 0 Å². The van der Waals surface area contributed by atoms with Gasteiger partial charge in [-0.05, 0) is 58.3 Å². The molecule has 2 aliphatic rings. The zero-order valence-corrected chi connectivity index (χ0v) is 7.91. The fraction of sp³-hybridized carbons (Fsp3) is 0.0769. The number of benzene rings is 1. The second-order valence-electron chi connectivity index (χ2n) is 3.86. The van der Waals surface area contributed by atoms with Gasteiger partial charge in [0.25, 0.3) is 0 Å². The summed E-state index contributed by atoms with van der Waals surface area (Å²) in [6.07, 6.45) is 7.94. The van der Waals surface area contributed by atoms with Crippen LogP contribution < -0.4 is 10.4 Å². The van der Waals surface area contributed by atoms with Crippen LogP contribution in [-0.4, -0.2) is 5.11 Å². The highest BCUT2D eigenvalue weighted by Gasteiger charge is 2.07. The van der Waals surface area contributed by atoms with Crippen molar-refractivity contribution in [3.8, 4) is 0 Å². The third-order valence-corrected chi connectivity index (χ3v) is 2.66. The van der Waals surface area contributed by atoms with Crippen LogP contribution in [0.25, 0.3) is 24.3 Å². The van der Waals surface area contributed by atoms with E-state index in [1.54, 1.807) is 12.2 Å². The third kappa shape index (κ3) is 0.956. The number of hydrogen-bond acceptors (Lipinski definition) is 1. The van der Waals surface area contributed by atoms with Crippen molar-refractivity contribution in [1.29, 1.82) is 0 Å². The second-order valence-corrected chi connectivity index (χ2v) is 3.86. The number of aliphatic hydroxyl groups is 1. The average molecular weight is 182 g/mol.